The number of aryl methyl sites for hydroxylation is 1. The summed E-state index contributed by atoms with van der Waals surface area (Å²) < 4.78 is 0. The number of hydrogen-bond acceptors (Lipinski definition) is 4. The molecule has 114 valence electrons. The molecule has 2 aliphatic rings. The molecular weight excluding hydrogens is 282 g/mol. The first-order valence-electron chi connectivity index (χ1n) is 7.67. The fourth-order valence-electron chi connectivity index (χ4n) is 3.67. The van der Waals surface area contributed by atoms with Crippen molar-refractivity contribution in [1.29, 1.82) is 0 Å². The van der Waals surface area contributed by atoms with E-state index >= 15 is 0 Å². The molecular formula is C16H23N3OS. The molecule has 3 heterocycles. The maximum Gasteiger partial charge on any atom is 0.230 e. The van der Waals surface area contributed by atoms with Gasteiger partial charge in [-0.15, -0.1) is 17.9 Å². The van der Waals surface area contributed by atoms with Crippen molar-refractivity contribution in [3.63, 3.8) is 0 Å². The molecule has 1 aromatic heterocycles. The van der Waals surface area contributed by atoms with E-state index in [1.165, 1.54) is 0 Å². The zero-order valence-corrected chi connectivity index (χ0v) is 13.5. The van der Waals surface area contributed by atoms with Crippen molar-refractivity contribution < 1.29 is 4.79 Å². The van der Waals surface area contributed by atoms with Gasteiger partial charge in [-0.05, 0) is 32.7 Å². The number of hydrogen-bond donors (Lipinski definition) is 0. The molecule has 0 radical (unpaired) electrons. The number of nitrogens with zero attached hydrogens (tertiary/aromatic N) is 3. The lowest BCUT2D eigenvalue weighted by Gasteiger charge is -2.38. The van der Waals surface area contributed by atoms with Crippen LogP contribution in [0.25, 0.3) is 0 Å². The molecule has 0 aliphatic carbocycles. The van der Waals surface area contributed by atoms with E-state index in [1.807, 2.05) is 17.9 Å². The van der Waals surface area contributed by atoms with Gasteiger partial charge in [-0.25, -0.2) is 4.98 Å². The van der Waals surface area contributed by atoms with Crippen LogP contribution in [0.3, 0.4) is 0 Å². The van der Waals surface area contributed by atoms with Gasteiger partial charge in [-0.2, -0.15) is 0 Å². The van der Waals surface area contributed by atoms with Crippen LogP contribution in [0.15, 0.2) is 18.0 Å². The van der Waals surface area contributed by atoms with Crippen LogP contribution in [0, 0.1) is 12.3 Å². The zero-order valence-electron chi connectivity index (χ0n) is 12.7. The minimum atomic E-state index is -0.147. The Bertz CT molecular complexity index is 541. The van der Waals surface area contributed by atoms with Gasteiger partial charge in [0.2, 0.25) is 5.91 Å². The van der Waals surface area contributed by atoms with Gasteiger partial charge in [0.15, 0.2) is 0 Å². The van der Waals surface area contributed by atoms with Crippen molar-refractivity contribution in [1.82, 2.24) is 14.8 Å². The van der Waals surface area contributed by atoms with E-state index in [1.54, 1.807) is 11.3 Å². The standard InChI is InChI=1S/C16H23N3OS/c1-3-7-19-9-6-16(15(19)20)5-4-8-18(12-16)10-14-11-21-13(2)17-14/h3,11H,1,4-10,12H2,2H3/t16-/m0/s1. The van der Waals surface area contributed by atoms with Gasteiger partial charge in [0.05, 0.1) is 16.1 Å². The largest absolute Gasteiger partial charge is 0.338 e. The molecule has 0 aromatic carbocycles. The van der Waals surface area contributed by atoms with E-state index in [9.17, 15) is 4.79 Å². The Morgan fingerprint density at radius 1 is 1.48 bits per heavy atom. The van der Waals surface area contributed by atoms with Crippen LogP contribution < -0.4 is 0 Å². The molecule has 0 bridgehead atoms. The highest BCUT2D eigenvalue weighted by molar-refractivity contribution is 7.09. The summed E-state index contributed by atoms with van der Waals surface area (Å²) in [5.41, 5.74) is 0.995. The van der Waals surface area contributed by atoms with Crippen LogP contribution >= 0.6 is 11.3 Å². The maximum atomic E-state index is 12.7. The van der Waals surface area contributed by atoms with Crippen molar-refractivity contribution in [3.05, 3.63) is 28.7 Å². The summed E-state index contributed by atoms with van der Waals surface area (Å²) in [6.45, 7) is 10.2. The van der Waals surface area contributed by atoms with Crippen LogP contribution in [0.2, 0.25) is 0 Å². The smallest absolute Gasteiger partial charge is 0.230 e. The lowest BCUT2D eigenvalue weighted by molar-refractivity contribution is -0.138. The van der Waals surface area contributed by atoms with E-state index in [4.69, 9.17) is 0 Å². The van der Waals surface area contributed by atoms with Gasteiger partial charge in [0, 0.05) is 31.6 Å². The minimum Gasteiger partial charge on any atom is -0.338 e. The first kappa shape index (κ1) is 14.7. The van der Waals surface area contributed by atoms with Gasteiger partial charge in [-0.3, -0.25) is 9.69 Å². The highest BCUT2D eigenvalue weighted by Gasteiger charge is 2.48. The fraction of sp³-hybridized carbons (Fsp3) is 0.625. The van der Waals surface area contributed by atoms with Crippen molar-refractivity contribution in [2.24, 2.45) is 5.41 Å². The Kier molecular flexibility index (Phi) is 4.13. The van der Waals surface area contributed by atoms with Crippen molar-refractivity contribution in [2.75, 3.05) is 26.2 Å². The van der Waals surface area contributed by atoms with Gasteiger partial charge < -0.3 is 4.90 Å². The Hall–Kier alpha value is -1.20. The minimum absolute atomic E-state index is 0.147. The van der Waals surface area contributed by atoms with Gasteiger partial charge in [-0.1, -0.05) is 6.08 Å². The number of carbonyl (C=O) groups is 1. The first-order chi connectivity index (χ1) is 10.1. The first-order valence-corrected chi connectivity index (χ1v) is 8.54. The summed E-state index contributed by atoms with van der Waals surface area (Å²) in [7, 11) is 0. The van der Waals surface area contributed by atoms with Crippen molar-refractivity contribution >= 4 is 17.2 Å². The molecule has 0 unspecified atom stereocenters. The molecule has 1 aromatic rings. The van der Waals surface area contributed by atoms with E-state index in [2.05, 4.69) is 21.8 Å². The number of aromatic nitrogens is 1. The molecule has 5 heteroatoms. The number of rotatable bonds is 4. The van der Waals surface area contributed by atoms with E-state index < -0.39 is 0 Å². The van der Waals surface area contributed by atoms with Gasteiger partial charge in [0.25, 0.3) is 0 Å². The molecule has 0 N–H and O–H groups in total. The normalized spacial score (nSPS) is 26.7. The summed E-state index contributed by atoms with van der Waals surface area (Å²) in [5, 5.41) is 3.25. The number of carbonyl (C=O) groups excluding carboxylic acids is 1. The molecule has 21 heavy (non-hydrogen) atoms. The molecule has 0 saturated carbocycles. The SMILES string of the molecule is C=CCN1CC[C@]2(CCCN(Cc3csc(C)n3)C2)C1=O. The van der Waals surface area contributed by atoms with Crippen molar-refractivity contribution in [3.8, 4) is 0 Å². The summed E-state index contributed by atoms with van der Waals surface area (Å²) >= 11 is 1.70. The molecule has 1 spiro atoms. The highest BCUT2D eigenvalue weighted by Crippen LogP contribution is 2.40. The van der Waals surface area contributed by atoms with E-state index in [0.29, 0.717) is 12.5 Å². The molecule has 1 atom stereocenters. The van der Waals surface area contributed by atoms with Crippen LogP contribution in [0.4, 0.5) is 0 Å². The second-order valence-corrected chi connectivity index (χ2v) is 7.30. The Morgan fingerprint density at radius 3 is 3.05 bits per heavy atom. The van der Waals surface area contributed by atoms with Crippen LogP contribution in [0.1, 0.15) is 30.0 Å². The third-order valence-electron chi connectivity index (χ3n) is 4.66. The van der Waals surface area contributed by atoms with Gasteiger partial charge >= 0.3 is 0 Å². The summed E-state index contributed by atoms with van der Waals surface area (Å²) in [5.74, 6) is 0.335. The predicted octanol–water partition coefficient (Wildman–Crippen LogP) is 2.45. The quantitative estimate of drug-likeness (QED) is 0.802. The predicted molar refractivity (Wildman–Crippen MR) is 85.2 cm³/mol. The van der Waals surface area contributed by atoms with E-state index in [-0.39, 0.29) is 5.41 Å². The number of amides is 1. The highest BCUT2D eigenvalue weighted by atomic mass is 32.1. The third kappa shape index (κ3) is 2.90. The van der Waals surface area contributed by atoms with Crippen LogP contribution in [0.5, 0.6) is 0 Å². The molecule has 3 rings (SSSR count). The summed E-state index contributed by atoms with van der Waals surface area (Å²) in [6.07, 6.45) is 4.96. The van der Waals surface area contributed by atoms with Crippen LogP contribution in [-0.4, -0.2) is 46.9 Å². The van der Waals surface area contributed by atoms with E-state index in [0.717, 1.165) is 56.1 Å². The Labute approximate surface area is 130 Å². The molecule has 2 fully saturated rings. The average molecular weight is 305 g/mol. The fourth-order valence-corrected chi connectivity index (χ4v) is 4.28. The molecule has 2 saturated heterocycles. The number of likely N-dealkylation sites (tertiary alicyclic amines) is 2. The summed E-state index contributed by atoms with van der Waals surface area (Å²) in [6, 6.07) is 0. The maximum absolute atomic E-state index is 12.7. The lowest BCUT2D eigenvalue weighted by atomic mass is 9.78. The Balaban J connectivity index is 1.68. The molecule has 4 nitrogen and oxygen atoms in total. The average Bonchev–Trinajstić information content (AvgIpc) is 2.99. The molecule has 1 amide bonds. The lowest BCUT2D eigenvalue weighted by Crippen LogP contribution is -2.47. The topological polar surface area (TPSA) is 36.4 Å². The second-order valence-electron chi connectivity index (χ2n) is 6.24. The number of piperidine rings is 1. The second kappa shape index (κ2) is 5.89. The molecule has 2 aliphatic heterocycles. The number of thiazole rings is 1. The summed E-state index contributed by atoms with van der Waals surface area (Å²) in [4.78, 5) is 21.6. The van der Waals surface area contributed by atoms with Crippen LogP contribution in [-0.2, 0) is 11.3 Å². The third-order valence-corrected chi connectivity index (χ3v) is 5.48. The van der Waals surface area contributed by atoms with Crippen molar-refractivity contribution in [2.45, 2.75) is 32.7 Å². The zero-order chi connectivity index (χ0) is 14.9. The Morgan fingerprint density at radius 2 is 2.33 bits per heavy atom. The van der Waals surface area contributed by atoms with Gasteiger partial charge in [0.1, 0.15) is 0 Å². The monoisotopic (exact) mass is 305 g/mol.